The third-order valence-electron chi connectivity index (χ3n) is 1.96. The Hall–Kier alpha value is 0. The highest BCUT2D eigenvalue weighted by molar-refractivity contribution is 4.74. The lowest BCUT2D eigenvalue weighted by Crippen LogP contribution is -2.01. The van der Waals surface area contributed by atoms with Crippen LogP contribution in [0.2, 0.25) is 0 Å². The highest BCUT2D eigenvalue weighted by atomic mass is 14.3. The summed E-state index contributed by atoms with van der Waals surface area (Å²) < 4.78 is 0. The van der Waals surface area contributed by atoms with E-state index >= 15 is 0 Å². The molecule has 0 heteroatoms. The zero-order chi connectivity index (χ0) is 7.33. The highest BCUT2D eigenvalue weighted by Gasteiger charge is 2.21. The summed E-state index contributed by atoms with van der Waals surface area (Å²) in [4.78, 5) is 0. The van der Waals surface area contributed by atoms with E-state index in [2.05, 4.69) is 13.8 Å². The average Bonchev–Trinajstić information content (AvgIpc) is 2.19. The fraction of sp³-hybridized carbons (Fsp3) is 1.00. The van der Waals surface area contributed by atoms with Gasteiger partial charge < -0.3 is 0 Å². The maximum atomic E-state index is 2.36. The summed E-state index contributed by atoms with van der Waals surface area (Å²) in [6.07, 6.45) is 5.83. The van der Waals surface area contributed by atoms with Crippen molar-refractivity contribution in [2.75, 3.05) is 0 Å². The second-order valence-corrected chi connectivity index (χ2v) is 3.37. The minimum Gasteiger partial charge on any atom is -0.0776 e. The molecule has 0 aliphatic heterocycles. The van der Waals surface area contributed by atoms with E-state index in [9.17, 15) is 0 Å². The monoisotopic (exact) mass is 144 g/mol. The predicted molar refractivity (Wildman–Crippen MR) is 50.3 cm³/mol. The van der Waals surface area contributed by atoms with Crippen molar-refractivity contribution in [3.63, 3.8) is 0 Å². The summed E-state index contributed by atoms with van der Waals surface area (Å²) in [5, 5.41) is 0. The lowest BCUT2D eigenvalue weighted by molar-refractivity contribution is 0.382. The predicted octanol–water partition coefficient (Wildman–Crippen LogP) is 4.25. The maximum Gasteiger partial charge on any atom is -0.0354 e. The molecule has 0 heterocycles. The van der Waals surface area contributed by atoms with Crippen molar-refractivity contribution in [3.05, 3.63) is 0 Å². The first-order valence-electron chi connectivity index (χ1n) is 4.21. The largest absolute Gasteiger partial charge is 0.0776 e. The summed E-state index contributed by atoms with van der Waals surface area (Å²) in [5.74, 6) is 0. The van der Waals surface area contributed by atoms with Gasteiger partial charge in [-0.25, -0.2) is 0 Å². The molecular weight excluding hydrogens is 120 g/mol. The lowest BCUT2D eigenvalue weighted by Gasteiger charge is -2.13. The standard InChI is InChI=1S/C7H14.C2H6.CH4/c1-7(2)5-3-4-6-7;1-2;/h3-6H2,1-2H3;1-2H3;1H4. The van der Waals surface area contributed by atoms with Crippen LogP contribution in [0.5, 0.6) is 0 Å². The van der Waals surface area contributed by atoms with Crippen molar-refractivity contribution in [1.82, 2.24) is 0 Å². The first-order chi connectivity index (χ1) is 4.21. The van der Waals surface area contributed by atoms with Crippen molar-refractivity contribution in [1.29, 1.82) is 0 Å². The molecule has 1 aliphatic carbocycles. The van der Waals surface area contributed by atoms with Gasteiger partial charge in [-0.2, -0.15) is 0 Å². The summed E-state index contributed by atoms with van der Waals surface area (Å²) in [6, 6.07) is 0. The van der Waals surface area contributed by atoms with E-state index in [0.29, 0.717) is 5.41 Å². The molecule has 0 aromatic carbocycles. The Bertz CT molecular complexity index is 54.4. The molecule has 0 saturated heterocycles. The number of hydrogen-bond acceptors (Lipinski definition) is 0. The molecule has 1 rings (SSSR count). The van der Waals surface area contributed by atoms with Crippen molar-refractivity contribution in [2.45, 2.75) is 60.8 Å². The van der Waals surface area contributed by atoms with E-state index in [4.69, 9.17) is 0 Å². The van der Waals surface area contributed by atoms with Crippen molar-refractivity contribution in [2.24, 2.45) is 5.41 Å². The zero-order valence-corrected chi connectivity index (χ0v) is 7.33. The quantitative estimate of drug-likeness (QED) is 0.477. The van der Waals surface area contributed by atoms with Crippen LogP contribution in [0.4, 0.5) is 0 Å². The third kappa shape index (κ3) is 4.84. The second-order valence-electron chi connectivity index (χ2n) is 3.37. The molecule has 0 bridgehead atoms. The molecule has 0 aromatic heterocycles. The van der Waals surface area contributed by atoms with Gasteiger partial charge in [0.2, 0.25) is 0 Å². The van der Waals surface area contributed by atoms with E-state index in [-0.39, 0.29) is 7.43 Å². The van der Waals surface area contributed by atoms with E-state index in [1.54, 1.807) is 0 Å². The Morgan fingerprint density at radius 1 is 0.900 bits per heavy atom. The molecule has 0 N–H and O–H groups in total. The topological polar surface area (TPSA) is 0 Å². The molecule has 0 atom stereocenters. The van der Waals surface area contributed by atoms with Crippen LogP contribution in [0.1, 0.15) is 60.8 Å². The summed E-state index contributed by atoms with van der Waals surface area (Å²) in [6.45, 7) is 8.72. The lowest BCUT2D eigenvalue weighted by atomic mass is 9.92. The second kappa shape index (κ2) is 5.76. The fourth-order valence-corrected chi connectivity index (χ4v) is 1.33. The molecule has 0 nitrogen and oxygen atoms in total. The van der Waals surface area contributed by atoms with Crippen LogP contribution in [-0.4, -0.2) is 0 Å². The molecule has 0 unspecified atom stereocenters. The Morgan fingerprint density at radius 3 is 1.30 bits per heavy atom. The van der Waals surface area contributed by atoms with Crippen LogP contribution in [0.3, 0.4) is 0 Å². The first-order valence-corrected chi connectivity index (χ1v) is 4.21. The van der Waals surface area contributed by atoms with Gasteiger partial charge in [-0.15, -0.1) is 0 Å². The number of hydrogen-bond donors (Lipinski definition) is 0. The Labute approximate surface area is 67.0 Å². The Balaban J connectivity index is 0. The van der Waals surface area contributed by atoms with Gasteiger partial charge in [0.05, 0.1) is 0 Å². The van der Waals surface area contributed by atoms with Crippen LogP contribution in [0.25, 0.3) is 0 Å². The van der Waals surface area contributed by atoms with Crippen molar-refractivity contribution >= 4 is 0 Å². The van der Waals surface area contributed by atoms with Gasteiger partial charge in [0.1, 0.15) is 0 Å². The molecular formula is C10H24. The smallest absolute Gasteiger partial charge is 0.0354 e. The van der Waals surface area contributed by atoms with E-state index in [1.165, 1.54) is 25.7 Å². The van der Waals surface area contributed by atoms with Gasteiger partial charge in [-0.05, 0) is 18.3 Å². The van der Waals surface area contributed by atoms with Crippen LogP contribution in [-0.2, 0) is 0 Å². The zero-order valence-electron chi connectivity index (χ0n) is 7.33. The van der Waals surface area contributed by atoms with Crippen molar-refractivity contribution in [3.8, 4) is 0 Å². The normalized spacial score (nSPS) is 20.4. The minimum atomic E-state index is 0. The van der Waals surface area contributed by atoms with Gasteiger partial charge in [0, 0.05) is 0 Å². The minimum absolute atomic E-state index is 0. The molecule has 10 heavy (non-hydrogen) atoms. The SMILES string of the molecule is C.CC.CC1(C)CCCC1. The van der Waals surface area contributed by atoms with E-state index in [1.807, 2.05) is 13.8 Å². The van der Waals surface area contributed by atoms with Gasteiger partial charge in [0.25, 0.3) is 0 Å². The molecule has 0 spiro atoms. The molecule has 1 fully saturated rings. The third-order valence-corrected chi connectivity index (χ3v) is 1.96. The van der Waals surface area contributed by atoms with Crippen molar-refractivity contribution < 1.29 is 0 Å². The average molecular weight is 144 g/mol. The molecule has 0 amide bonds. The Kier molecular flexibility index (Phi) is 7.29. The van der Waals surface area contributed by atoms with E-state index in [0.717, 1.165) is 0 Å². The van der Waals surface area contributed by atoms with E-state index < -0.39 is 0 Å². The molecule has 1 saturated carbocycles. The van der Waals surface area contributed by atoms with Gasteiger partial charge in [0.15, 0.2) is 0 Å². The van der Waals surface area contributed by atoms with Gasteiger partial charge >= 0.3 is 0 Å². The highest BCUT2D eigenvalue weighted by Crippen LogP contribution is 2.36. The first kappa shape index (κ1) is 12.7. The molecule has 1 aliphatic rings. The Morgan fingerprint density at radius 2 is 1.20 bits per heavy atom. The molecule has 0 aromatic rings. The van der Waals surface area contributed by atoms with Crippen LogP contribution >= 0.6 is 0 Å². The summed E-state index contributed by atoms with van der Waals surface area (Å²) >= 11 is 0. The summed E-state index contributed by atoms with van der Waals surface area (Å²) in [5.41, 5.74) is 0.694. The maximum absolute atomic E-state index is 2.36. The van der Waals surface area contributed by atoms with Gasteiger partial charge in [-0.1, -0.05) is 48.0 Å². The number of rotatable bonds is 0. The fourth-order valence-electron chi connectivity index (χ4n) is 1.33. The van der Waals surface area contributed by atoms with Crippen LogP contribution in [0.15, 0.2) is 0 Å². The molecule has 64 valence electrons. The summed E-state index contributed by atoms with van der Waals surface area (Å²) in [7, 11) is 0. The van der Waals surface area contributed by atoms with Crippen LogP contribution in [0, 0.1) is 5.41 Å². The van der Waals surface area contributed by atoms with Gasteiger partial charge in [-0.3, -0.25) is 0 Å². The van der Waals surface area contributed by atoms with Crippen LogP contribution < -0.4 is 0 Å². The molecule has 0 radical (unpaired) electrons.